The Kier molecular flexibility index (Phi) is 12.5. The average Bonchev–Trinajstić information content (AvgIpc) is 2.31. The Hall–Kier alpha value is -0.330. The van der Waals surface area contributed by atoms with Crippen LogP contribution in [0.25, 0.3) is 0 Å². The third-order valence-corrected chi connectivity index (χ3v) is 3.12. The summed E-state index contributed by atoms with van der Waals surface area (Å²) < 4.78 is 0. The minimum absolute atomic E-state index is 0.464. The van der Waals surface area contributed by atoms with Crippen molar-refractivity contribution in [1.29, 1.82) is 0 Å². The zero-order chi connectivity index (χ0) is 12.1. The molecule has 1 aliphatic rings. The Morgan fingerprint density at radius 2 is 1.19 bits per heavy atom. The Labute approximate surface area is 102 Å². The molecule has 1 aliphatic carbocycles. The van der Waals surface area contributed by atoms with Crippen LogP contribution in [0.15, 0.2) is 0 Å². The molecule has 1 nitrogen and oxygen atoms in total. The van der Waals surface area contributed by atoms with Crippen molar-refractivity contribution in [3.05, 3.63) is 0 Å². The predicted octanol–water partition coefficient (Wildman–Crippen LogP) is 5.28. The number of carbonyl (C=O) groups is 1. The molecule has 0 unspecified atom stereocenters. The van der Waals surface area contributed by atoms with Gasteiger partial charge in [-0.05, 0) is 12.8 Å². The molecule has 0 aromatic carbocycles. The number of carbonyl (C=O) groups excluding carboxylic acids is 1. The van der Waals surface area contributed by atoms with Crippen LogP contribution in [0.1, 0.15) is 90.9 Å². The molecular formula is C15H30O. The van der Waals surface area contributed by atoms with Crippen LogP contribution in [-0.4, -0.2) is 5.78 Å². The van der Waals surface area contributed by atoms with Gasteiger partial charge < -0.3 is 0 Å². The van der Waals surface area contributed by atoms with Crippen molar-refractivity contribution in [2.45, 2.75) is 90.9 Å². The molecule has 0 bridgehead atoms. The lowest BCUT2D eigenvalue weighted by Crippen LogP contribution is -2.02. The number of unbranched alkanes of at least 4 members (excludes halogenated alkanes) is 6. The van der Waals surface area contributed by atoms with E-state index in [1.165, 1.54) is 51.4 Å². The standard InChI is InChI=1S/C9H20.C6H10O/c1-3-5-7-9-8-6-4-2;7-6-4-2-1-3-5-6/h3-9H2,1-2H3;1-5H2. The largest absolute Gasteiger partial charge is 0.300 e. The molecule has 1 saturated carbocycles. The lowest BCUT2D eigenvalue weighted by molar-refractivity contribution is -0.120. The van der Waals surface area contributed by atoms with Gasteiger partial charge in [-0.1, -0.05) is 65.2 Å². The van der Waals surface area contributed by atoms with Gasteiger partial charge in [-0.15, -0.1) is 0 Å². The van der Waals surface area contributed by atoms with Crippen molar-refractivity contribution < 1.29 is 4.79 Å². The Morgan fingerprint density at radius 3 is 1.50 bits per heavy atom. The predicted molar refractivity (Wildman–Crippen MR) is 71.8 cm³/mol. The van der Waals surface area contributed by atoms with Crippen LogP contribution in [0.4, 0.5) is 0 Å². The highest BCUT2D eigenvalue weighted by Crippen LogP contribution is 2.12. The molecule has 0 aromatic heterocycles. The van der Waals surface area contributed by atoms with Crippen molar-refractivity contribution in [3.63, 3.8) is 0 Å². The minimum atomic E-state index is 0.464. The number of ketones is 1. The summed E-state index contributed by atoms with van der Waals surface area (Å²) in [6.45, 7) is 4.53. The molecule has 0 N–H and O–H groups in total. The lowest BCUT2D eigenvalue weighted by atomic mass is 10.00. The van der Waals surface area contributed by atoms with Crippen molar-refractivity contribution in [1.82, 2.24) is 0 Å². The fourth-order valence-electron chi connectivity index (χ4n) is 1.98. The summed E-state index contributed by atoms with van der Waals surface area (Å²) in [7, 11) is 0. The number of hydrogen-bond acceptors (Lipinski definition) is 1. The van der Waals surface area contributed by atoms with E-state index in [1.54, 1.807) is 0 Å². The molecule has 0 saturated heterocycles. The van der Waals surface area contributed by atoms with Crippen LogP contribution in [0, 0.1) is 0 Å². The first-order chi connectivity index (χ1) is 7.81. The minimum Gasteiger partial charge on any atom is -0.300 e. The Bertz CT molecular complexity index is 138. The highest BCUT2D eigenvalue weighted by Gasteiger charge is 2.05. The van der Waals surface area contributed by atoms with Crippen LogP contribution < -0.4 is 0 Å². The second-order valence-electron chi connectivity index (χ2n) is 4.87. The van der Waals surface area contributed by atoms with Gasteiger partial charge in [-0.3, -0.25) is 4.79 Å². The zero-order valence-corrected chi connectivity index (χ0v) is 11.4. The average molecular weight is 226 g/mol. The first kappa shape index (κ1) is 15.7. The van der Waals surface area contributed by atoms with Gasteiger partial charge in [0.2, 0.25) is 0 Å². The highest BCUT2D eigenvalue weighted by molar-refractivity contribution is 5.78. The van der Waals surface area contributed by atoms with Gasteiger partial charge in [0.15, 0.2) is 0 Å². The number of hydrogen-bond donors (Lipinski definition) is 0. The van der Waals surface area contributed by atoms with Crippen molar-refractivity contribution in [2.75, 3.05) is 0 Å². The molecule has 0 atom stereocenters. The summed E-state index contributed by atoms with van der Waals surface area (Å²) in [6, 6.07) is 0. The number of Topliss-reactive ketones (excluding diaryl/α,β-unsaturated/α-hetero) is 1. The molecule has 0 aliphatic heterocycles. The summed E-state index contributed by atoms with van der Waals surface area (Å²) >= 11 is 0. The van der Waals surface area contributed by atoms with Crippen LogP contribution in [0.3, 0.4) is 0 Å². The summed E-state index contributed by atoms with van der Waals surface area (Å²) in [6.07, 6.45) is 15.2. The molecule has 0 heterocycles. The van der Waals surface area contributed by atoms with Gasteiger partial charge in [0.25, 0.3) is 0 Å². The van der Waals surface area contributed by atoms with Gasteiger partial charge in [0.1, 0.15) is 5.78 Å². The molecular weight excluding hydrogens is 196 g/mol. The summed E-state index contributed by atoms with van der Waals surface area (Å²) in [5.74, 6) is 0.464. The summed E-state index contributed by atoms with van der Waals surface area (Å²) in [5.41, 5.74) is 0. The van der Waals surface area contributed by atoms with E-state index in [9.17, 15) is 4.79 Å². The first-order valence-electron chi connectivity index (χ1n) is 7.33. The van der Waals surface area contributed by atoms with Crippen LogP contribution >= 0.6 is 0 Å². The maximum Gasteiger partial charge on any atom is 0.132 e. The zero-order valence-electron chi connectivity index (χ0n) is 11.4. The molecule has 0 amide bonds. The molecule has 0 spiro atoms. The normalized spacial score (nSPS) is 15.5. The lowest BCUT2D eigenvalue weighted by Gasteiger charge is -2.05. The summed E-state index contributed by atoms with van der Waals surface area (Å²) in [4.78, 5) is 10.5. The maximum absolute atomic E-state index is 10.5. The van der Waals surface area contributed by atoms with E-state index >= 15 is 0 Å². The Morgan fingerprint density at radius 1 is 0.750 bits per heavy atom. The maximum atomic E-state index is 10.5. The van der Waals surface area contributed by atoms with E-state index in [0.717, 1.165) is 25.7 Å². The van der Waals surface area contributed by atoms with E-state index in [1.807, 2.05) is 0 Å². The van der Waals surface area contributed by atoms with Crippen molar-refractivity contribution >= 4 is 5.78 Å². The van der Waals surface area contributed by atoms with Gasteiger partial charge in [-0.25, -0.2) is 0 Å². The van der Waals surface area contributed by atoms with Crippen LogP contribution in [-0.2, 0) is 4.79 Å². The molecule has 1 rings (SSSR count). The molecule has 96 valence electrons. The smallest absolute Gasteiger partial charge is 0.132 e. The monoisotopic (exact) mass is 226 g/mol. The molecule has 1 fully saturated rings. The second-order valence-corrected chi connectivity index (χ2v) is 4.87. The van der Waals surface area contributed by atoms with Gasteiger partial charge in [-0.2, -0.15) is 0 Å². The topological polar surface area (TPSA) is 17.1 Å². The Balaban J connectivity index is 0.000000288. The number of rotatable bonds is 6. The fraction of sp³-hybridized carbons (Fsp3) is 0.933. The van der Waals surface area contributed by atoms with E-state index < -0.39 is 0 Å². The molecule has 1 heteroatoms. The van der Waals surface area contributed by atoms with Gasteiger partial charge in [0, 0.05) is 12.8 Å². The van der Waals surface area contributed by atoms with Crippen molar-refractivity contribution in [2.24, 2.45) is 0 Å². The van der Waals surface area contributed by atoms with Crippen LogP contribution in [0.2, 0.25) is 0 Å². The quantitative estimate of drug-likeness (QED) is 0.563. The summed E-state index contributed by atoms with van der Waals surface area (Å²) in [5, 5.41) is 0. The van der Waals surface area contributed by atoms with E-state index in [-0.39, 0.29) is 0 Å². The molecule has 0 aromatic rings. The second kappa shape index (κ2) is 12.7. The first-order valence-corrected chi connectivity index (χ1v) is 7.33. The third kappa shape index (κ3) is 11.7. The molecule has 0 radical (unpaired) electrons. The highest BCUT2D eigenvalue weighted by atomic mass is 16.1. The fourth-order valence-corrected chi connectivity index (χ4v) is 1.98. The van der Waals surface area contributed by atoms with E-state index in [0.29, 0.717) is 5.78 Å². The van der Waals surface area contributed by atoms with Crippen LogP contribution in [0.5, 0.6) is 0 Å². The van der Waals surface area contributed by atoms with Gasteiger partial charge >= 0.3 is 0 Å². The van der Waals surface area contributed by atoms with Crippen molar-refractivity contribution in [3.8, 4) is 0 Å². The van der Waals surface area contributed by atoms with E-state index in [2.05, 4.69) is 13.8 Å². The SMILES string of the molecule is CCCCCCCCC.O=C1CCCCC1. The van der Waals surface area contributed by atoms with Gasteiger partial charge in [0.05, 0.1) is 0 Å². The third-order valence-electron chi connectivity index (χ3n) is 3.12. The van der Waals surface area contributed by atoms with E-state index in [4.69, 9.17) is 0 Å². The molecule has 16 heavy (non-hydrogen) atoms.